The first kappa shape index (κ1) is 15.9. The molecule has 1 N–H and O–H groups in total. The molecule has 23 heavy (non-hydrogen) atoms. The number of amides is 1. The van der Waals surface area contributed by atoms with Crippen molar-refractivity contribution in [1.82, 2.24) is 9.84 Å². The highest BCUT2D eigenvalue weighted by molar-refractivity contribution is 8.26. The van der Waals surface area contributed by atoms with Gasteiger partial charge in [-0.15, -0.1) is 4.83 Å². The first-order chi connectivity index (χ1) is 11.0. The summed E-state index contributed by atoms with van der Waals surface area (Å²) in [6, 6.07) is 11.1. The predicted octanol–water partition coefficient (Wildman–Crippen LogP) is 2.37. The van der Waals surface area contributed by atoms with Crippen LogP contribution in [0.5, 0.6) is 0 Å². The van der Waals surface area contributed by atoms with Crippen LogP contribution in [-0.2, 0) is 14.8 Å². The van der Waals surface area contributed by atoms with Gasteiger partial charge in [-0.05, 0) is 24.3 Å². The average molecular weight is 366 g/mol. The molecule has 0 aliphatic carbocycles. The monoisotopic (exact) mass is 366 g/mol. The minimum atomic E-state index is -3.89. The number of nitrogens with zero attached hydrogens (tertiary/aromatic N) is 1. The molecule has 1 aromatic heterocycles. The van der Waals surface area contributed by atoms with Gasteiger partial charge in [0.1, 0.15) is 5.76 Å². The minimum absolute atomic E-state index is 0.0454. The van der Waals surface area contributed by atoms with Crippen LogP contribution in [0.25, 0.3) is 6.08 Å². The number of hydrazine groups is 1. The third kappa shape index (κ3) is 3.37. The molecule has 3 rings (SSSR count). The van der Waals surface area contributed by atoms with Crippen molar-refractivity contribution in [2.45, 2.75) is 4.90 Å². The zero-order chi connectivity index (χ0) is 16.4. The quantitative estimate of drug-likeness (QED) is 0.661. The molecule has 1 fully saturated rings. The van der Waals surface area contributed by atoms with Crippen molar-refractivity contribution in [1.29, 1.82) is 0 Å². The summed E-state index contributed by atoms with van der Waals surface area (Å²) in [7, 11) is -3.89. The number of benzene rings is 1. The van der Waals surface area contributed by atoms with Gasteiger partial charge in [0.2, 0.25) is 0 Å². The number of rotatable bonds is 4. The standard InChI is InChI=1S/C14H10N2O4S3/c17-13-12(9-10-5-4-8-20-10)22-14(21)16(13)15-23(18,19)11-6-2-1-3-7-11/h1-9,15H. The summed E-state index contributed by atoms with van der Waals surface area (Å²) in [4.78, 5) is 14.9. The van der Waals surface area contributed by atoms with Crippen LogP contribution in [-0.4, -0.2) is 23.7 Å². The Hall–Kier alpha value is -1.94. The fourth-order valence-electron chi connectivity index (χ4n) is 1.82. The number of thiocarbonyl (C=S) groups is 1. The van der Waals surface area contributed by atoms with E-state index < -0.39 is 15.9 Å². The second-order valence-electron chi connectivity index (χ2n) is 4.44. The van der Waals surface area contributed by atoms with Crippen molar-refractivity contribution in [2.24, 2.45) is 0 Å². The molecule has 0 bridgehead atoms. The third-order valence-electron chi connectivity index (χ3n) is 2.88. The molecule has 0 spiro atoms. The maximum Gasteiger partial charge on any atom is 0.281 e. The highest BCUT2D eigenvalue weighted by Crippen LogP contribution is 2.32. The van der Waals surface area contributed by atoms with Crippen molar-refractivity contribution in [3.8, 4) is 0 Å². The number of carbonyl (C=O) groups excluding carboxylic acids is 1. The zero-order valence-corrected chi connectivity index (χ0v) is 14.0. The summed E-state index contributed by atoms with van der Waals surface area (Å²) >= 11 is 6.08. The summed E-state index contributed by atoms with van der Waals surface area (Å²) in [5, 5.41) is 0.844. The van der Waals surface area contributed by atoms with Gasteiger partial charge >= 0.3 is 0 Å². The Morgan fingerprint density at radius 2 is 1.91 bits per heavy atom. The van der Waals surface area contributed by atoms with Crippen LogP contribution >= 0.6 is 24.0 Å². The average Bonchev–Trinajstić information content (AvgIpc) is 3.13. The summed E-state index contributed by atoms with van der Waals surface area (Å²) in [6.07, 6.45) is 2.99. The number of furan rings is 1. The largest absolute Gasteiger partial charge is 0.465 e. The van der Waals surface area contributed by atoms with E-state index in [0.717, 1.165) is 16.8 Å². The maximum absolute atomic E-state index is 12.3. The van der Waals surface area contributed by atoms with E-state index in [1.165, 1.54) is 24.5 Å². The molecular weight excluding hydrogens is 356 g/mol. The van der Waals surface area contributed by atoms with Crippen LogP contribution in [0.4, 0.5) is 0 Å². The van der Waals surface area contributed by atoms with E-state index >= 15 is 0 Å². The number of hydrogen-bond acceptors (Lipinski definition) is 6. The number of sulfonamides is 1. The van der Waals surface area contributed by atoms with Gasteiger partial charge in [-0.25, -0.2) is 13.4 Å². The molecule has 2 heterocycles. The first-order valence-corrected chi connectivity index (χ1v) is 9.07. The fourth-order valence-corrected chi connectivity index (χ4v) is 4.13. The predicted molar refractivity (Wildman–Crippen MR) is 90.5 cm³/mol. The molecule has 6 nitrogen and oxygen atoms in total. The lowest BCUT2D eigenvalue weighted by atomic mass is 10.4. The van der Waals surface area contributed by atoms with Gasteiger partial charge in [-0.1, -0.05) is 42.2 Å². The number of thioether (sulfide) groups is 1. The molecule has 1 aliphatic rings. The fraction of sp³-hybridized carbons (Fsp3) is 0. The molecule has 1 aromatic carbocycles. The van der Waals surface area contributed by atoms with Crippen LogP contribution in [0.1, 0.15) is 5.76 Å². The van der Waals surface area contributed by atoms with Crippen molar-refractivity contribution in [3.63, 3.8) is 0 Å². The molecule has 0 unspecified atom stereocenters. The Morgan fingerprint density at radius 1 is 1.17 bits per heavy atom. The zero-order valence-electron chi connectivity index (χ0n) is 11.5. The lowest BCUT2D eigenvalue weighted by Gasteiger charge is -2.15. The van der Waals surface area contributed by atoms with Crippen LogP contribution in [0.3, 0.4) is 0 Å². The Kier molecular flexibility index (Phi) is 4.35. The van der Waals surface area contributed by atoms with E-state index in [2.05, 4.69) is 4.83 Å². The van der Waals surface area contributed by atoms with Gasteiger partial charge < -0.3 is 4.42 Å². The molecule has 0 radical (unpaired) electrons. The van der Waals surface area contributed by atoms with Crippen LogP contribution in [0.15, 0.2) is 62.9 Å². The number of hydrogen-bond donors (Lipinski definition) is 1. The summed E-state index contributed by atoms with van der Waals surface area (Å²) in [6.45, 7) is 0. The molecular formula is C14H10N2O4S3. The molecule has 1 saturated heterocycles. The van der Waals surface area contributed by atoms with Crippen LogP contribution < -0.4 is 4.83 Å². The molecule has 0 atom stereocenters. The second-order valence-corrected chi connectivity index (χ2v) is 7.78. The minimum Gasteiger partial charge on any atom is -0.465 e. The molecule has 1 aliphatic heterocycles. The Labute approximate surface area is 142 Å². The SMILES string of the molecule is O=C1C(=Cc2ccco2)SC(=S)N1NS(=O)(=O)c1ccccc1. The van der Waals surface area contributed by atoms with Gasteiger partial charge in [0.05, 0.1) is 16.1 Å². The molecule has 9 heteroatoms. The lowest BCUT2D eigenvalue weighted by molar-refractivity contribution is -0.123. The van der Waals surface area contributed by atoms with Gasteiger partial charge in [-0.2, -0.15) is 0 Å². The van der Waals surface area contributed by atoms with Crippen LogP contribution in [0, 0.1) is 0 Å². The molecule has 0 saturated carbocycles. The van der Waals surface area contributed by atoms with E-state index in [9.17, 15) is 13.2 Å². The van der Waals surface area contributed by atoms with E-state index in [4.69, 9.17) is 16.6 Å². The number of nitrogens with one attached hydrogen (secondary N) is 1. The van der Waals surface area contributed by atoms with E-state index in [1.807, 2.05) is 0 Å². The van der Waals surface area contributed by atoms with Gasteiger partial charge in [-0.3, -0.25) is 4.79 Å². The Bertz CT molecular complexity index is 874. The second kappa shape index (κ2) is 6.28. The van der Waals surface area contributed by atoms with E-state index in [1.54, 1.807) is 30.3 Å². The van der Waals surface area contributed by atoms with Crippen molar-refractivity contribution in [2.75, 3.05) is 0 Å². The summed E-state index contributed by atoms with van der Waals surface area (Å²) < 4.78 is 29.8. The smallest absolute Gasteiger partial charge is 0.281 e. The van der Waals surface area contributed by atoms with E-state index in [-0.39, 0.29) is 14.1 Å². The van der Waals surface area contributed by atoms with Crippen LogP contribution in [0.2, 0.25) is 0 Å². The Balaban J connectivity index is 1.84. The summed E-state index contributed by atoms with van der Waals surface area (Å²) in [5.41, 5.74) is 0. The molecule has 118 valence electrons. The van der Waals surface area contributed by atoms with Gasteiger partial charge in [0, 0.05) is 6.08 Å². The van der Waals surface area contributed by atoms with Gasteiger partial charge in [0.25, 0.3) is 15.9 Å². The topological polar surface area (TPSA) is 79.6 Å². The van der Waals surface area contributed by atoms with E-state index in [0.29, 0.717) is 5.76 Å². The molecule has 2 aromatic rings. The van der Waals surface area contributed by atoms with Crippen molar-refractivity contribution >= 4 is 50.3 Å². The number of carbonyl (C=O) groups is 1. The van der Waals surface area contributed by atoms with Crippen molar-refractivity contribution in [3.05, 3.63) is 59.4 Å². The molecule has 1 amide bonds. The maximum atomic E-state index is 12.3. The normalized spacial score (nSPS) is 17.2. The Morgan fingerprint density at radius 3 is 2.57 bits per heavy atom. The lowest BCUT2D eigenvalue weighted by Crippen LogP contribution is -2.44. The summed E-state index contributed by atoms with van der Waals surface area (Å²) in [5.74, 6) is -0.0627. The third-order valence-corrected chi connectivity index (χ3v) is 5.49. The van der Waals surface area contributed by atoms with Crippen molar-refractivity contribution < 1.29 is 17.6 Å². The first-order valence-electron chi connectivity index (χ1n) is 6.36. The highest BCUT2D eigenvalue weighted by Gasteiger charge is 2.35. The van der Waals surface area contributed by atoms with Gasteiger partial charge in [0.15, 0.2) is 4.32 Å². The highest BCUT2D eigenvalue weighted by atomic mass is 32.2.